The van der Waals surface area contributed by atoms with Gasteiger partial charge in [0.1, 0.15) is 0 Å². The first kappa shape index (κ1) is 17.0. The molecule has 4 nitrogen and oxygen atoms in total. The second-order valence-electron chi connectivity index (χ2n) is 4.96. The first-order chi connectivity index (χ1) is 11.1. The van der Waals surface area contributed by atoms with Crippen LogP contribution in [-0.4, -0.2) is 23.2 Å². The molecule has 0 aromatic heterocycles. The monoisotopic (exact) mass is 329 g/mol. The fourth-order valence-electron chi connectivity index (χ4n) is 1.91. The van der Waals surface area contributed by atoms with Crippen molar-refractivity contribution < 1.29 is 13.7 Å². The number of hydrogen-bond acceptors (Lipinski definition) is 4. The van der Waals surface area contributed by atoms with Crippen molar-refractivity contribution in [2.75, 3.05) is 18.3 Å². The Bertz CT molecular complexity index is 723. The van der Waals surface area contributed by atoms with Gasteiger partial charge in [-0.15, -0.1) is 0 Å². The molecular weight excluding hydrogens is 310 g/mol. The molecule has 120 valence electrons. The maximum absolute atomic E-state index is 12.2. The fourth-order valence-corrected chi connectivity index (χ4v) is 2.81. The topological polar surface area (TPSA) is 55.4 Å². The van der Waals surface area contributed by atoms with Crippen molar-refractivity contribution in [2.24, 2.45) is 0 Å². The molecule has 0 saturated carbocycles. The van der Waals surface area contributed by atoms with Gasteiger partial charge < -0.3 is 10.1 Å². The van der Waals surface area contributed by atoms with Gasteiger partial charge in [0, 0.05) is 16.7 Å². The summed E-state index contributed by atoms with van der Waals surface area (Å²) in [5.74, 6) is -0.0726. The molecule has 0 radical (unpaired) electrons. The number of hydrogen-bond donors (Lipinski definition) is 1. The van der Waals surface area contributed by atoms with Gasteiger partial charge in [-0.2, -0.15) is 0 Å². The van der Waals surface area contributed by atoms with Crippen molar-refractivity contribution >= 4 is 28.5 Å². The van der Waals surface area contributed by atoms with Crippen molar-refractivity contribution in [1.82, 2.24) is 0 Å². The minimum atomic E-state index is -1.11. The number of carbonyl (C=O) groups excluding carboxylic acids is 1. The molecule has 0 aliphatic rings. The Labute approximate surface area is 138 Å². The van der Waals surface area contributed by atoms with E-state index in [1.54, 1.807) is 6.08 Å². The van der Waals surface area contributed by atoms with Crippen molar-refractivity contribution in [1.29, 1.82) is 0 Å². The number of methoxy groups -OCH3 is 1. The number of esters is 1. The smallest absolute Gasteiger partial charge is 0.330 e. The van der Waals surface area contributed by atoms with Gasteiger partial charge in [0.25, 0.3) is 0 Å². The normalized spacial score (nSPS) is 12.1. The van der Waals surface area contributed by atoms with Gasteiger partial charge in [0.15, 0.2) is 0 Å². The van der Waals surface area contributed by atoms with Crippen LogP contribution in [0, 0.1) is 6.92 Å². The van der Waals surface area contributed by atoms with Crippen LogP contribution in [0.15, 0.2) is 59.5 Å². The standard InChI is InChI=1S/C18H19NO3S/c1-14-6-9-17(10-7-14)23(21)13-19-16-5-3-4-15(12-16)8-11-18(20)22-2/h3-12,19H,13H2,1-2H3/b11-8+. The second-order valence-corrected chi connectivity index (χ2v) is 6.41. The van der Waals surface area contributed by atoms with Crippen LogP contribution in [0.2, 0.25) is 0 Å². The molecule has 5 heteroatoms. The van der Waals surface area contributed by atoms with E-state index in [1.807, 2.05) is 55.5 Å². The van der Waals surface area contributed by atoms with Crippen LogP contribution >= 0.6 is 0 Å². The zero-order valence-electron chi connectivity index (χ0n) is 13.1. The molecule has 2 aromatic rings. The summed E-state index contributed by atoms with van der Waals surface area (Å²) in [5, 5.41) is 3.15. The molecule has 1 atom stereocenters. The summed E-state index contributed by atoms with van der Waals surface area (Å²) >= 11 is 0. The van der Waals surface area contributed by atoms with Crippen LogP contribution in [0.1, 0.15) is 11.1 Å². The van der Waals surface area contributed by atoms with Gasteiger partial charge >= 0.3 is 5.97 Å². The lowest BCUT2D eigenvalue weighted by atomic mass is 10.2. The van der Waals surface area contributed by atoms with Gasteiger partial charge in [0.05, 0.1) is 23.8 Å². The molecule has 0 spiro atoms. The number of ether oxygens (including phenoxy) is 1. The molecular formula is C18H19NO3S. The molecule has 2 rings (SSSR count). The highest BCUT2D eigenvalue weighted by Gasteiger charge is 2.03. The lowest BCUT2D eigenvalue weighted by molar-refractivity contribution is -0.134. The molecule has 0 amide bonds. The Morgan fingerprint density at radius 3 is 2.65 bits per heavy atom. The average Bonchev–Trinajstić information content (AvgIpc) is 2.58. The molecule has 1 N–H and O–H groups in total. The third kappa shape index (κ3) is 5.38. The Hall–Kier alpha value is -2.40. The fraction of sp³-hybridized carbons (Fsp3) is 0.167. The highest BCUT2D eigenvalue weighted by atomic mass is 32.2. The van der Waals surface area contributed by atoms with Crippen LogP contribution in [-0.2, 0) is 20.3 Å². The quantitative estimate of drug-likeness (QED) is 0.652. The summed E-state index contributed by atoms with van der Waals surface area (Å²) in [6.07, 6.45) is 3.04. The Morgan fingerprint density at radius 2 is 1.96 bits per heavy atom. The van der Waals surface area contributed by atoms with E-state index in [1.165, 1.54) is 13.2 Å². The number of anilines is 1. The highest BCUT2D eigenvalue weighted by Crippen LogP contribution is 2.14. The maximum atomic E-state index is 12.2. The third-order valence-electron chi connectivity index (χ3n) is 3.19. The first-order valence-corrected chi connectivity index (χ1v) is 8.45. The van der Waals surface area contributed by atoms with Crippen molar-refractivity contribution in [3.8, 4) is 0 Å². The van der Waals surface area contributed by atoms with Crippen molar-refractivity contribution in [3.63, 3.8) is 0 Å². The van der Waals surface area contributed by atoms with E-state index in [9.17, 15) is 9.00 Å². The average molecular weight is 329 g/mol. The molecule has 0 saturated heterocycles. The van der Waals surface area contributed by atoms with E-state index >= 15 is 0 Å². The SMILES string of the molecule is COC(=O)/C=C/c1cccc(NCS(=O)c2ccc(C)cc2)c1. The molecule has 0 fully saturated rings. The van der Waals surface area contributed by atoms with E-state index in [-0.39, 0.29) is 0 Å². The zero-order chi connectivity index (χ0) is 16.7. The summed E-state index contributed by atoms with van der Waals surface area (Å²) in [7, 11) is 0.224. The van der Waals surface area contributed by atoms with Gasteiger partial charge in [-0.3, -0.25) is 4.21 Å². The minimum absolute atomic E-state index is 0.327. The predicted molar refractivity (Wildman–Crippen MR) is 93.6 cm³/mol. The molecule has 0 aliphatic heterocycles. The maximum Gasteiger partial charge on any atom is 0.330 e. The van der Waals surface area contributed by atoms with Gasteiger partial charge in [0.2, 0.25) is 0 Å². The molecule has 0 aliphatic carbocycles. The van der Waals surface area contributed by atoms with Crippen LogP contribution in [0.25, 0.3) is 6.08 Å². The molecule has 23 heavy (non-hydrogen) atoms. The van der Waals surface area contributed by atoms with E-state index in [4.69, 9.17) is 0 Å². The summed E-state index contributed by atoms with van der Waals surface area (Å²) in [5.41, 5.74) is 2.85. The largest absolute Gasteiger partial charge is 0.466 e. The first-order valence-electron chi connectivity index (χ1n) is 7.13. The molecule has 0 heterocycles. The van der Waals surface area contributed by atoms with Gasteiger partial charge in [-0.1, -0.05) is 29.8 Å². The van der Waals surface area contributed by atoms with E-state index in [0.29, 0.717) is 5.88 Å². The van der Waals surface area contributed by atoms with E-state index in [0.717, 1.165) is 21.7 Å². The number of rotatable bonds is 6. The summed E-state index contributed by atoms with van der Waals surface area (Å²) in [6.45, 7) is 2.00. The van der Waals surface area contributed by atoms with Gasteiger partial charge in [-0.05, 0) is 42.8 Å². The number of nitrogens with one attached hydrogen (secondary N) is 1. The Kier molecular flexibility index (Phi) is 6.11. The van der Waals surface area contributed by atoms with Crippen LogP contribution < -0.4 is 5.32 Å². The zero-order valence-corrected chi connectivity index (χ0v) is 13.9. The lowest BCUT2D eigenvalue weighted by Crippen LogP contribution is -2.08. The predicted octanol–water partition coefficient (Wildman–Crippen LogP) is 3.36. The summed E-state index contributed by atoms with van der Waals surface area (Å²) in [4.78, 5) is 11.9. The van der Waals surface area contributed by atoms with Gasteiger partial charge in [-0.25, -0.2) is 4.79 Å². The number of benzene rings is 2. The third-order valence-corrected chi connectivity index (χ3v) is 4.40. The van der Waals surface area contributed by atoms with Crippen LogP contribution in [0.4, 0.5) is 5.69 Å². The minimum Gasteiger partial charge on any atom is -0.466 e. The van der Waals surface area contributed by atoms with Crippen LogP contribution in [0.5, 0.6) is 0 Å². The summed E-state index contributed by atoms with van der Waals surface area (Å²) < 4.78 is 16.8. The Balaban J connectivity index is 1.98. The summed E-state index contributed by atoms with van der Waals surface area (Å²) in [6, 6.07) is 15.2. The molecule has 2 aromatic carbocycles. The highest BCUT2D eigenvalue weighted by molar-refractivity contribution is 7.85. The molecule has 1 unspecified atom stereocenters. The van der Waals surface area contributed by atoms with Crippen LogP contribution in [0.3, 0.4) is 0 Å². The second kappa shape index (κ2) is 8.29. The Morgan fingerprint density at radius 1 is 1.22 bits per heavy atom. The van der Waals surface area contributed by atoms with Crippen molar-refractivity contribution in [2.45, 2.75) is 11.8 Å². The van der Waals surface area contributed by atoms with Crippen molar-refractivity contribution in [3.05, 3.63) is 65.7 Å². The lowest BCUT2D eigenvalue weighted by Gasteiger charge is -2.07. The van der Waals surface area contributed by atoms with E-state index < -0.39 is 16.8 Å². The van der Waals surface area contributed by atoms with E-state index in [2.05, 4.69) is 10.1 Å². The number of carbonyl (C=O) groups is 1. The number of aryl methyl sites for hydroxylation is 1. The molecule has 0 bridgehead atoms.